The van der Waals surface area contributed by atoms with Gasteiger partial charge in [-0.1, -0.05) is 30.3 Å². The molecule has 1 aromatic heterocycles. The predicted molar refractivity (Wildman–Crippen MR) is 102 cm³/mol. The van der Waals surface area contributed by atoms with E-state index < -0.39 is 0 Å². The molecule has 2 fully saturated rings. The quantitative estimate of drug-likeness (QED) is 0.807. The van der Waals surface area contributed by atoms with Crippen molar-refractivity contribution in [1.29, 1.82) is 0 Å². The number of piperazine rings is 1. The molecular formula is C20H24FN5O. The second kappa shape index (κ2) is 8.00. The van der Waals surface area contributed by atoms with Gasteiger partial charge in [0, 0.05) is 57.8 Å². The molecule has 0 aliphatic carbocycles. The van der Waals surface area contributed by atoms with E-state index in [-0.39, 0.29) is 11.7 Å². The number of nitrogens with zero attached hydrogens (tertiary/aromatic N) is 5. The van der Waals surface area contributed by atoms with Gasteiger partial charge in [-0.25, -0.2) is 14.4 Å². The fraction of sp³-hybridized carbons (Fsp3) is 0.450. The van der Waals surface area contributed by atoms with Gasteiger partial charge in [0.25, 0.3) is 0 Å². The van der Waals surface area contributed by atoms with Crippen LogP contribution in [0.2, 0.25) is 0 Å². The van der Waals surface area contributed by atoms with Gasteiger partial charge < -0.3 is 9.80 Å². The van der Waals surface area contributed by atoms with Crippen LogP contribution in [0, 0.1) is 5.82 Å². The molecular weight excluding hydrogens is 345 g/mol. The number of benzene rings is 1. The van der Waals surface area contributed by atoms with E-state index >= 15 is 4.39 Å². The highest BCUT2D eigenvalue weighted by Crippen LogP contribution is 2.26. The van der Waals surface area contributed by atoms with E-state index in [1.54, 1.807) is 0 Å². The average molecular weight is 369 g/mol. The second-order valence-electron chi connectivity index (χ2n) is 7.04. The Balaban J connectivity index is 1.38. The summed E-state index contributed by atoms with van der Waals surface area (Å²) in [6, 6.07) is 9.36. The van der Waals surface area contributed by atoms with E-state index in [9.17, 15) is 4.79 Å². The maximum absolute atomic E-state index is 15.0. The number of aromatic nitrogens is 2. The first-order chi connectivity index (χ1) is 13.2. The van der Waals surface area contributed by atoms with Crippen LogP contribution in [0.5, 0.6) is 0 Å². The molecule has 27 heavy (non-hydrogen) atoms. The van der Waals surface area contributed by atoms with Crippen LogP contribution in [0.15, 0.2) is 36.7 Å². The number of halogens is 1. The van der Waals surface area contributed by atoms with Crippen LogP contribution >= 0.6 is 0 Å². The number of amides is 1. The molecule has 2 aromatic rings. The highest BCUT2D eigenvalue weighted by atomic mass is 19.1. The Hall–Kier alpha value is -2.54. The molecule has 4 rings (SSSR count). The summed E-state index contributed by atoms with van der Waals surface area (Å²) in [5, 5.41) is 0. The highest BCUT2D eigenvalue weighted by Gasteiger charge is 2.25. The fourth-order valence-corrected chi connectivity index (χ4v) is 3.76. The summed E-state index contributed by atoms with van der Waals surface area (Å²) in [4.78, 5) is 26.3. The van der Waals surface area contributed by atoms with Crippen LogP contribution in [0.25, 0.3) is 11.3 Å². The van der Waals surface area contributed by atoms with Crippen LogP contribution in [-0.2, 0) is 4.79 Å². The largest absolute Gasteiger partial charge is 0.352 e. The minimum Gasteiger partial charge on any atom is -0.352 e. The molecule has 7 heteroatoms. The van der Waals surface area contributed by atoms with E-state index in [1.807, 2.05) is 40.1 Å². The van der Waals surface area contributed by atoms with Crippen molar-refractivity contribution in [2.75, 3.05) is 50.7 Å². The van der Waals surface area contributed by atoms with Crippen molar-refractivity contribution < 1.29 is 9.18 Å². The lowest BCUT2D eigenvalue weighted by Gasteiger charge is -2.36. The van der Waals surface area contributed by atoms with Crippen molar-refractivity contribution in [2.45, 2.75) is 12.8 Å². The Morgan fingerprint density at radius 1 is 0.963 bits per heavy atom. The fourth-order valence-electron chi connectivity index (χ4n) is 3.76. The number of carbonyl (C=O) groups excluding carboxylic acids is 1. The Bertz CT molecular complexity index is 792. The number of carbonyl (C=O) groups is 1. The number of rotatable bonds is 5. The molecule has 3 heterocycles. The van der Waals surface area contributed by atoms with Crippen molar-refractivity contribution in [3.63, 3.8) is 0 Å². The van der Waals surface area contributed by atoms with Crippen molar-refractivity contribution >= 4 is 11.7 Å². The van der Waals surface area contributed by atoms with E-state index in [4.69, 9.17) is 0 Å². The third kappa shape index (κ3) is 3.93. The summed E-state index contributed by atoms with van der Waals surface area (Å²) in [6.45, 7) is 5.66. The highest BCUT2D eigenvalue weighted by molar-refractivity contribution is 5.78. The van der Waals surface area contributed by atoms with Gasteiger partial charge in [-0.15, -0.1) is 0 Å². The first-order valence-corrected chi connectivity index (χ1v) is 9.53. The third-order valence-electron chi connectivity index (χ3n) is 5.35. The smallest absolute Gasteiger partial charge is 0.222 e. The van der Waals surface area contributed by atoms with E-state index in [2.05, 4.69) is 14.9 Å². The molecule has 1 amide bonds. The van der Waals surface area contributed by atoms with Crippen molar-refractivity contribution in [3.8, 4) is 11.3 Å². The predicted octanol–water partition coefficient (Wildman–Crippen LogP) is 2.03. The molecule has 0 spiro atoms. The number of hydrogen-bond donors (Lipinski definition) is 0. The minimum atomic E-state index is -0.361. The van der Waals surface area contributed by atoms with Gasteiger partial charge in [-0.2, -0.15) is 0 Å². The normalized spacial score (nSPS) is 18.3. The van der Waals surface area contributed by atoms with Crippen molar-refractivity contribution in [2.24, 2.45) is 0 Å². The first kappa shape index (κ1) is 17.9. The Kier molecular flexibility index (Phi) is 5.29. The average Bonchev–Trinajstić information content (AvgIpc) is 3.12. The maximum atomic E-state index is 15.0. The molecule has 0 radical (unpaired) electrons. The zero-order chi connectivity index (χ0) is 18.6. The summed E-state index contributed by atoms with van der Waals surface area (Å²) in [5.74, 6) is 0.281. The molecule has 2 saturated heterocycles. The van der Waals surface area contributed by atoms with Crippen LogP contribution < -0.4 is 4.90 Å². The van der Waals surface area contributed by atoms with Gasteiger partial charge in [0.2, 0.25) is 5.91 Å². The van der Waals surface area contributed by atoms with Gasteiger partial charge in [0.05, 0.1) is 0 Å². The Morgan fingerprint density at radius 3 is 2.44 bits per heavy atom. The monoisotopic (exact) mass is 369 g/mol. The summed E-state index contributed by atoms with van der Waals surface area (Å²) < 4.78 is 15.0. The second-order valence-corrected chi connectivity index (χ2v) is 7.04. The van der Waals surface area contributed by atoms with Gasteiger partial charge >= 0.3 is 0 Å². The summed E-state index contributed by atoms with van der Waals surface area (Å²) in [5.41, 5.74) is 1.10. The minimum absolute atomic E-state index is 0.269. The SMILES string of the molecule is O=C1CCCN1CCN1CCN(c2ncnc(-c3ccccc3)c2F)CC1. The van der Waals surface area contributed by atoms with E-state index in [1.165, 1.54) is 6.33 Å². The molecule has 0 N–H and O–H groups in total. The maximum Gasteiger partial charge on any atom is 0.222 e. The molecule has 6 nitrogen and oxygen atoms in total. The third-order valence-corrected chi connectivity index (χ3v) is 5.35. The van der Waals surface area contributed by atoms with Crippen molar-refractivity contribution in [3.05, 3.63) is 42.5 Å². The van der Waals surface area contributed by atoms with Gasteiger partial charge in [0.1, 0.15) is 12.0 Å². The topological polar surface area (TPSA) is 52.6 Å². The summed E-state index contributed by atoms with van der Waals surface area (Å²) in [6.07, 6.45) is 3.10. The standard InChI is InChI=1S/C20H24FN5O/c21-18-19(16-5-2-1-3-6-16)22-15-23-20(18)26-13-10-24(11-14-26)9-12-25-8-4-7-17(25)27/h1-3,5-6,15H,4,7-14H2. The van der Waals surface area contributed by atoms with Crippen LogP contribution in [0.3, 0.4) is 0 Å². The summed E-state index contributed by atoms with van der Waals surface area (Å²) >= 11 is 0. The van der Waals surface area contributed by atoms with Gasteiger partial charge in [0.15, 0.2) is 11.6 Å². The van der Waals surface area contributed by atoms with Crippen LogP contribution in [0.4, 0.5) is 10.2 Å². The number of hydrogen-bond acceptors (Lipinski definition) is 5. The van der Waals surface area contributed by atoms with E-state index in [0.717, 1.165) is 57.8 Å². The molecule has 142 valence electrons. The van der Waals surface area contributed by atoms with E-state index in [0.29, 0.717) is 17.9 Å². The molecule has 2 aliphatic heterocycles. The Labute approximate surface area is 158 Å². The lowest BCUT2D eigenvalue weighted by atomic mass is 10.1. The van der Waals surface area contributed by atoms with Crippen LogP contribution in [-0.4, -0.2) is 71.5 Å². The van der Waals surface area contributed by atoms with Crippen molar-refractivity contribution in [1.82, 2.24) is 19.8 Å². The van der Waals surface area contributed by atoms with Gasteiger partial charge in [-0.05, 0) is 6.42 Å². The zero-order valence-corrected chi connectivity index (χ0v) is 15.4. The summed E-state index contributed by atoms with van der Waals surface area (Å²) in [7, 11) is 0. The number of likely N-dealkylation sites (tertiary alicyclic amines) is 1. The number of anilines is 1. The molecule has 0 saturated carbocycles. The molecule has 0 unspecified atom stereocenters. The lowest BCUT2D eigenvalue weighted by Crippen LogP contribution is -2.49. The first-order valence-electron chi connectivity index (χ1n) is 9.53. The molecule has 0 bridgehead atoms. The van der Waals surface area contributed by atoms with Crippen LogP contribution in [0.1, 0.15) is 12.8 Å². The Morgan fingerprint density at radius 2 is 1.74 bits per heavy atom. The lowest BCUT2D eigenvalue weighted by molar-refractivity contribution is -0.127. The molecule has 1 aromatic carbocycles. The molecule has 0 atom stereocenters. The van der Waals surface area contributed by atoms with Gasteiger partial charge in [-0.3, -0.25) is 9.69 Å². The molecule has 2 aliphatic rings. The zero-order valence-electron chi connectivity index (χ0n) is 15.4.